The van der Waals surface area contributed by atoms with Crippen molar-refractivity contribution in [3.05, 3.63) is 35.5 Å². The number of carbonyl (C=O) groups is 3. The normalized spacial score (nSPS) is 20.7. The van der Waals surface area contributed by atoms with E-state index in [-0.39, 0.29) is 23.6 Å². The summed E-state index contributed by atoms with van der Waals surface area (Å²) in [4.78, 5) is 43.5. The number of ether oxygens (including phenoxy) is 2. The largest absolute Gasteiger partial charge is 0.461 e. The molecule has 1 unspecified atom stereocenters. The van der Waals surface area contributed by atoms with Crippen LogP contribution >= 0.6 is 11.8 Å². The van der Waals surface area contributed by atoms with Crippen LogP contribution < -0.4 is 5.32 Å². The van der Waals surface area contributed by atoms with Gasteiger partial charge in [-0.15, -0.1) is 11.8 Å². The standard InChI is InChI=1S/C22H26N4O5S/c1-12(27)30-10-13-11-32-19-16(18(28)26(19)17(13)20(29)31-22(2,3)4)24-21-23-14-8-6-7-9-15(14)25(21)5/h6-9,16,19H,10-11H2,1-5H3,(H,23,24)/t16-,19?/m1/s1. The maximum absolute atomic E-state index is 13.2. The Labute approximate surface area is 190 Å². The molecule has 0 saturated carbocycles. The van der Waals surface area contributed by atoms with Crippen LogP contribution in [0.5, 0.6) is 0 Å². The number of imidazole rings is 1. The Morgan fingerprint density at radius 2 is 2.00 bits per heavy atom. The fourth-order valence-electron chi connectivity index (χ4n) is 3.71. The van der Waals surface area contributed by atoms with Crippen LogP contribution in [-0.2, 0) is 30.9 Å². The molecule has 1 saturated heterocycles. The van der Waals surface area contributed by atoms with Crippen LogP contribution in [0.3, 0.4) is 0 Å². The number of β-lactam (4-membered cyclic amide) rings is 1. The van der Waals surface area contributed by atoms with E-state index < -0.39 is 23.6 Å². The number of nitrogens with one attached hydrogen (secondary N) is 1. The number of benzene rings is 1. The average Bonchev–Trinajstić information content (AvgIpc) is 3.04. The monoisotopic (exact) mass is 458 g/mol. The summed E-state index contributed by atoms with van der Waals surface area (Å²) in [6.45, 7) is 6.54. The van der Waals surface area contributed by atoms with Gasteiger partial charge in [-0.05, 0) is 32.9 Å². The van der Waals surface area contributed by atoms with Gasteiger partial charge < -0.3 is 19.4 Å². The maximum atomic E-state index is 13.2. The fraction of sp³-hybridized carbons (Fsp3) is 0.455. The van der Waals surface area contributed by atoms with Crippen molar-refractivity contribution in [2.24, 2.45) is 7.05 Å². The molecule has 4 rings (SSSR count). The van der Waals surface area contributed by atoms with E-state index in [0.717, 1.165) is 11.0 Å². The van der Waals surface area contributed by atoms with Crippen LogP contribution in [0.25, 0.3) is 11.0 Å². The highest BCUT2D eigenvalue weighted by Crippen LogP contribution is 2.42. The molecule has 1 amide bonds. The van der Waals surface area contributed by atoms with Crippen molar-refractivity contribution in [1.82, 2.24) is 14.5 Å². The van der Waals surface area contributed by atoms with Gasteiger partial charge in [0.15, 0.2) is 0 Å². The topological polar surface area (TPSA) is 103 Å². The molecule has 0 bridgehead atoms. The second kappa shape index (κ2) is 8.16. The van der Waals surface area contributed by atoms with Gasteiger partial charge in [0.25, 0.3) is 5.91 Å². The lowest BCUT2D eigenvalue weighted by atomic mass is 10.0. The Balaban J connectivity index is 1.60. The van der Waals surface area contributed by atoms with E-state index in [2.05, 4.69) is 10.3 Å². The predicted molar refractivity (Wildman–Crippen MR) is 121 cm³/mol. The summed E-state index contributed by atoms with van der Waals surface area (Å²) >= 11 is 1.50. The number of aromatic nitrogens is 2. The Hall–Kier alpha value is -3.01. The van der Waals surface area contributed by atoms with Gasteiger partial charge in [-0.1, -0.05) is 12.1 Å². The highest BCUT2D eigenvalue weighted by atomic mass is 32.2. The van der Waals surface area contributed by atoms with Crippen LogP contribution in [0, 0.1) is 0 Å². The van der Waals surface area contributed by atoms with Crippen LogP contribution in [0.1, 0.15) is 27.7 Å². The molecule has 2 aliphatic heterocycles. The molecule has 0 aliphatic carbocycles. The van der Waals surface area contributed by atoms with Crippen molar-refractivity contribution >= 4 is 46.6 Å². The lowest BCUT2D eigenvalue weighted by molar-refractivity contribution is -0.157. The molecule has 1 fully saturated rings. The van der Waals surface area contributed by atoms with E-state index in [9.17, 15) is 14.4 Å². The molecule has 1 N–H and O–H groups in total. The second-order valence-corrected chi connectivity index (χ2v) is 9.85. The molecular weight excluding hydrogens is 432 g/mol. The number of nitrogens with zero attached hydrogens (tertiary/aromatic N) is 3. The second-order valence-electron chi connectivity index (χ2n) is 8.75. The number of para-hydroxylation sites is 2. The Kier molecular flexibility index (Phi) is 5.66. The number of hydrogen-bond acceptors (Lipinski definition) is 8. The van der Waals surface area contributed by atoms with Crippen molar-refractivity contribution in [2.75, 3.05) is 17.7 Å². The third kappa shape index (κ3) is 4.06. The summed E-state index contributed by atoms with van der Waals surface area (Å²) in [5.41, 5.74) is 1.78. The first-order chi connectivity index (χ1) is 15.1. The van der Waals surface area contributed by atoms with Gasteiger partial charge in [-0.25, -0.2) is 9.78 Å². The van der Waals surface area contributed by atoms with Gasteiger partial charge in [-0.3, -0.25) is 14.5 Å². The molecule has 2 aromatic rings. The fourth-order valence-corrected chi connectivity index (χ4v) is 5.04. The average molecular weight is 459 g/mol. The number of carbonyl (C=O) groups excluding carboxylic acids is 3. The van der Waals surface area contributed by atoms with E-state index in [1.807, 2.05) is 35.9 Å². The summed E-state index contributed by atoms with van der Waals surface area (Å²) < 4.78 is 12.6. The third-order valence-electron chi connectivity index (χ3n) is 5.16. The minimum atomic E-state index is -0.727. The zero-order chi connectivity index (χ0) is 23.2. The molecule has 9 nitrogen and oxygen atoms in total. The highest BCUT2D eigenvalue weighted by molar-refractivity contribution is 8.00. The Morgan fingerprint density at radius 3 is 2.66 bits per heavy atom. The van der Waals surface area contributed by atoms with Gasteiger partial charge in [-0.2, -0.15) is 0 Å². The summed E-state index contributed by atoms with van der Waals surface area (Å²) in [6.07, 6.45) is 0. The Morgan fingerprint density at radius 1 is 1.28 bits per heavy atom. The van der Waals surface area contributed by atoms with E-state index in [0.29, 0.717) is 17.3 Å². The van der Waals surface area contributed by atoms with Gasteiger partial charge in [0, 0.05) is 25.3 Å². The molecule has 3 heterocycles. The lowest BCUT2D eigenvalue weighted by Crippen LogP contribution is -2.68. The van der Waals surface area contributed by atoms with E-state index in [4.69, 9.17) is 9.47 Å². The number of amides is 1. The molecule has 1 aromatic heterocycles. The number of aryl methyl sites for hydroxylation is 1. The minimum Gasteiger partial charge on any atom is -0.461 e. The quantitative estimate of drug-likeness (QED) is 0.538. The van der Waals surface area contributed by atoms with Crippen LogP contribution in [0.2, 0.25) is 0 Å². The van der Waals surface area contributed by atoms with Crippen LogP contribution in [0.15, 0.2) is 35.5 Å². The lowest BCUT2D eigenvalue weighted by Gasteiger charge is -2.50. The van der Waals surface area contributed by atoms with E-state index >= 15 is 0 Å². The first-order valence-electron chi connectivity index (χ1n) is 10.3. The summed E-state index contributed by atoms with van der Waals surface area (Å²) in [5, 5.41) is 2.94. The molecule has 32 heavy (non-hydrogen) atoms. The smallest absolute Gasteiger partial charge is 0.355 e. The van der Waals surface area contributed by atoms with Crippen LogP contribution in [0.4, 0.5) is 5.95 Å². The third-order valence-corrected chi connectivity index (χ3v) is 6.50. The van der Waals surface area contributed by atoms with Crippen molar-refractivity contribution in [1.29, 1.82) is 0 Å². The number of thioether (sulfide) groups is 1. The highest BCUT2D eigenvalue weighted by Gasteiger charge is 2.54. The van der Waals surface area contributed by atoms with E-state index in [1.54, 1.807) is 20.8 Å². The van der Waals surface area contributed by atoms with Crippen LogP contribution in [-0.4, -0.2) is 61.7 Å². The number of anilines is 1. The van der Waals surface area contributed by atoms with E-state index in [1.165, 1.54) is 23.6 Å². The summed E-state index contributed by atoms with van der Waals surface area (Å²) in [5.74, 6) is -0.283. The molecule has 170 valence electrons. The number of esters is 2. The molecule has 0 radical (unpaired) electrons. The number of rotatable bonds is 5. The molecule has 2 aliphatic rings. The number of fused-ring (bicyclic) bond motifs is 2. The minimum absolute atomic E-state index is 0.0593. The van der Waals surface area contributed by atoms with Crippen molar-refractivity contribution in [3.8, 4) is 0 Å². The first-order valence-corrected chi connectivity index (χ1v) is 11.3. The molecule has 10 heteroatoms. The molecular formula is C22H26N4O5S. The summed E-state index contributed by atoms with van der Waals surface area (Å²) in [7, 11) is 1.88. The zero-order valence-electron chi connectivity index (χ0n) is 18.7. The first kappa shape index (κ1) is 22.2. The van der Waals surface area contributed by atoms with Crippen molar-refractivity contribution in [2.45, 2.75) is 44.7 Å². The predicted octanol–water partition coefficient (Wildman–Crippen LogP) is 2.43. The van der Waals surface area contributed by atoms with Gasteiger partial charge >= 0.3 is 11.9 Å². The van der Waals surface area contributed by atoms with Gasteiger partial charge in [0.05, 0.1) is 11.0 Å². The SMILES string of the molecule is CC(=O)OCC1=C(C(=O)OC(C)(C)C)N2C(=O)[C@@H](Nc3nc4ccccc4n3C)C2SC1. The van der Waals surface area contributed by atoms with Crippen molar-refractivity contribution in [3.63, 3.8) is 0 Å². The maximum Gasteiger partial charge on any atom is 0.355 e. The number of hydrogen-bond donors (Lipinski definition) is 1. The Bertz CT molecular complexity index is 1130. The molecule has 1 aromatic carbocycles. The summed E-state index contributed by atoms with van der Waals surface area (Å²) in [6, 6.07) is 7.18. The van der Waals surface area contributed by atoms with Gasteiger partial charge in [0.2, 0.25) is 5.95 Å². The molecule has 2 atom stereocenters. The molecule has 0 spiro atoms. The zero-order valence-corrected chi connectivity index (χ0v) is 19.5. The van der Waals surface area contributed by atoms with Crippen molar-refractivity contribution < 1.29 is 23.9 Å². The van der Waals surface area contributed by atoms with Gasteiger partial charge in [0.1, 0.15) is 29.3 Å².